The Labute approximate surface area is 101 Å². The second kappa shape index (κ2) is 4.47. The van der Waals surface area contributed by atoms with Gasteiger partial charge >= 0.3 is 0 Å². The van der Waals surface area contributed by atoms with Gasteiger partial charge in [0.15, 0.2) is 5.78 Å². The van der Waals surface area contributed by atoms with Gasteiger partial charge in [0.05, 0.1) is 9.90 Å². The van der Waals surface area contributed by atoms with E-state index in [1.165, 1.54) is 11.3 Å². The van der Waals surface area contributed by atoms with E-state index in [2.05, 4.69) is 0 Å². The van der Waals surface area contributed by atoms with Gasteiger partial charge in [-0.25, -0.2) is 0 Å². The SMILES string of the molecule is Cc1csc(C(=O)Cc2cccs2)c1Cl. The van der Waals surface area contributed by atoms with Gasteiger partial charge in [0.1, 0.15) is 0 Å². The van der Waals surface area contributed by atoms with E-state index in [1.807, 2.05) is 29.8 Å². The first-order valence-corrected chi connectivity index (χ1v) is 6.61. The molecule has 1 nitrogen and oxygen atoms in total. The number of thiophene rings is 2. The fourth-order valence-corrected chi connectivity index (χ4v) is 3.21. The summed E-state index contributed by atoms with van der Waals surface area (Å²) in [5.41, 5.74) is 0.983. The van der Waals surface area contributed by atoms with Gasteiger partial charge in [-0.2, -0.15) is 0 Å². The molecule has 0 aliphatic heterocycles. The number of carbonyl (C=O) groups is 1. The Morgan fingerprint density at radius 3 is 2.80 bits per heavy atom. The number of aryl methyl sites for hydroxylation is 1. The summed E-state index contributed by atoms with van der Waals surface area (Å²) in [6, 6.07) is 3.92. The van der Waals surface area contributed by atoms with Gasteiger partial charge in [-0.1, -0.05) is 17.7 Å². The van der Waals surface area contributed by atoms with Gasteiger partial charge in [-0.05, 0) is 29.3 Å². The van der Waals surface area contributed by atoms with Crippen LogP contribution in [0.15, 0.2) is 22.9 Å². The topological polar surface area (TPSA) is 17.1 Å². The Kier molecular flexibility index (Phi) is 3.24. The normalized spacial score (nSPS) is 10.5. The van der Waals surface area contributed by atoms with Gasteiger partial charge < -0.3 is 0 Å². The molecule has 2 aromatic heterocycles. The van der Waals surface area contributed by atoms with Crippen LogP contribution in [-0.2, 0) is 6.42 Å². The predicted molar refractivity (Wildman–Crippen MR) is 66.4 cm³/mol. The second-order valence-corrected chi connectivity index (χ2v) is 5.53. The maximum absolute atomic E-state index is 11.9. The summed E-state index contributed by atoms with van der Waals surface area (Å²) in [5, 5.41) is 4.51. The van der Waals surface area contributed by atoms with Crippen LogP contribution in [0, 0.1) is 6.92 Å². The molecular weight excluding hydrogens is 248 g/mol. The van der Waals surface area contributed by atoms with Gasteiger partial charge in [0, 0.05) is 11.3 Å². The average Bonchev–Trinajstić information content (AvgIpc) is 2.79. The Morgan fingerprint density at radius 2 is 2.27 bits per heavy atom. The molecule has 15 heavy (non-hydrogen) atoms. The molecule has 0 saturated heterocycles. The zero-order chi connectivity index (χ0) is 10.8. The molecule has 4 heteroatoms. The van der Waals surface area contributed by atoms with Crippen LogP contribution in [0.25, 0.3) is 0 Å². The standard InChI is InChI=1S/C11H9ClOS2/c1-7-6-15-11(10(7)12)9(13)5-8-3-2-4-14-8/h2-4,6H,5H2,1H3. The number of rotatable bonds is 3. The van der Waals surface area contributed by atoms with Gasteiger partial charge in [-0.3, -0.25) is 4.79 Å². The van der Waals surface area contributed by atoms with E-state index in [0.717, 1.165) is 10.4 Å². The highest BCUT2D eigenvalue weighted by atomic mass is 35.5. The largest absolute Gasteiger partial charge is 0.293 e. The van der Waals surface area contributed by atoms with Crippen LogP contribution in [0.2, 0.25) is 5.02 Å². The molecule has 2 rings (SSSR count). The van der Waals surface area contributed by atoms with Gasteiger partial charge in [0.25, 0.3) is 0 Å². The molecule has 2 aromatic rings. The number of carbonyl (C=O) groups excluding carboxylic acids is 1. The first kappa shape index (κ1) is 10.9. The van der Waals surface area contributed by atoms with Crippen molar-refractivity contribution in [2.75, 3.05) is 0 Å². The molecule has 0 amide bonds. The fourth-order valence-electron chi connectivity index (χ4n) is 1.27. The molecule has 0 spiro atoms. The summed E-state index contributed by atoms with van der Waals surface area (Å²) >= 11 is 9.07. The van der Waals surface area contributed by atoms with E-state index in [0.29, 0.717) is 16.3 Å². The van der Waals surface area contributed by atoms with Crippen molar-refractivity contribution in [2.24, 2.45) is 0 Å². The maximum atomic E-state index is 11.9. The van der Waals surface area contributed by atoms with E-state index >= 15 is 0 Å². The summed E-state index contributed by atoms with van der Waals surface area (Å²) in [5.74, 6) is 0.112. The molecule has 0 unspecified atom stereocenters. The third kappa shape index (κ3) is 2.30. The summed E-state index contributed by atoms with van der Waals surface area (Å²) < 4.78 is 0. The lowest BCUT2D eigenvalue weighted by atomic mass is 10.2. The Bertz CT molecular complexity index is 471. The summed E-state index contributed by atoms with van der Waals surface area (Å²) in [4.78, 5) is 13.6. The Morgan fingerprint density at radius 1 is 1.47 bits per heavy atom. The van der Waals surface area contributed by atoms with Crippen molar-refractivity contribution in [3.8, 4) is 0 Å². The summed E-state index contributed by atoms with van der Waals surface area (Å²) in [6.45, 7) is 1.92. The predicted octanol–water partition coefficient (Wildman–Crippen LogP) is 4.20. The van der Waals surface area contributed by atoms with Crippen molar-refractivity contribution < 1.29 is 4.79 Å². The molecule has 0 saturated carbocycles. The third-order valence-corrected chi connectivity index (χ3v) is 4.68. The van der Waals surface area contributed by atoms with Crippen LogP contribution in [0.3, 0.4) is 0 Å². The molecule has 0 radical (unpaired) electrons. The molecule has 2 heterocycles. The molecule has 78 valence electrons. The molecule has 0 bridgehead atoms. The van der Waals surface area contributed by atoms with Crippen LogP contribution in [0.1, 0.15) is 20.1 Å². The van der Waals surface area contributed by atoms with E-state index < -0.39 is 0 Å². The molecular formula is C11H9ClOS2. The van der Waals surface area contributed by atoms with Crippen LogP contribution < -0.4 is 0 Å². The zero-order valence-electron chi connectivity index (χ0n) is 8.12. The number of hydrogen-bond acceptors (Lipinski definition) is 3. The van der Waals surface area contributed by atoms with E-state index in [1.54, 1.807) is 11.3 Å². The van der Waals surface area contributed by atoms with Crippen LogP contribution >= 0.6 is 34.3 Å². The fraction of sp³-hybridized carbons (Fsp3) is 0.182. The minimum atomic E-state index is 0.112. The van der Waals surface area contributed by atoms with Crippen molar-refractivity contribution in [3.63, 3.8) is 0 Å². The molecule has 0 aliphatic rings. The first-order valence-electron chi connectivity index (χ1n) is 4.47. The lowest BCUT2D eigenvalue weighted by molar-refractivity contribution is 0.0998. The van der Waals surface area contributed by atoms with Gasteiger partial charge in [-0.15, -0.1) is 22.7 Å². The number of halogens is 1. The molecule has 0 N–H and O–H groups in total. The minimum absolute atomic E-state index is 0.112. The number of ketones is 1. The van der Waals surface area contributed by atoms with Crippen LogP contribution in [0.5, 0.6) is 0 Å². The quantitative estimate of drug-likeness (QED) is 0.753. The van der Waals surface area contributed by atoms with Crippen molar-refractivity contribution in [3.05, 3.63) is 43.2 Å². The smallest absolute Gasteiger partial charge is 0.179 e. The highest BCUT2D eigenvalue weighted by molar-refractivity contribution is 7.13. The lowest BCUT2D eigenvalue weighted by Gasteiger charge is -1.96. The average molecular weight is 257 g/mol. The van der Waals surface area contributed by atoms with E-state index in [-0.39, 0.29) is 5.78 Å². The number of Topliss-reactive ketones (excluding diaryl/α,β-unsaturated/α-hetero) is 1. The van der Waals surface area contributed by atoms with Crippen LogP contribution in [-0.4, -0.2) is 5.78 Å². The molecule has 0 aliphatic carbocycles. The van der Waals surface area contributed by atoms with E-state index in [9.17, 15) is 4.79 Å². The maximum Gasteiger partial charge on any atom is 0.179 e. The van der Waals surface area contributed by atoms with Crippen molar-refractivity contribution in [1.29, 1.82) is 0 Å². The van der Waals surface area contributed by atoms with E-state index in [4.69, 9.17) is 11.6 Å². The molecule has 0 aromatic carbocycles. The molecule has 0 atom stereocenters. The summed E-state index contributed by atoms with van der Waals surface area (Å²) in [6.07, 6.45) is 0.456. The van der Waals surface area contributed by atoms with Gasteiger partial charge in [0.2, 0.25) is 0 Å². The van der Waals surface area contributed by atoms with Crippen molar-refractivity contribution in [1.82, 2.24) is 0 Å². The number of hydrogen-bond donors (Lipinski definition) is 0. The van der Waals surface area contributed by atoms with Crippen molar-refractivity contribution in [2.45, 2.75) is 13.3 Å². The highest BCUT2D eigenvalue weighted by Gasteiger charge is 2.15. The first-order chi connectivity index (χ1) is 7.18. The lowest BCUT2D eigenvalue weighted by Crippen LogP contribution is -2.00. The van der Waals surface area contributed by atoms with Crippen molar-refractivity contribution >= 4 is 40.1 Å². The highest BCUT2D eigenvalue weighted by Crippen LogP contribution is 2.28. The third-order valence-electron chi connectivity index (χ3n) is 2.07. The second-order valence-electron chi connectivity index (χ2n) is 3.24. The molecule has 0 fully saturated rings. The monoisotopic (exact) mass is 256 g/mol. The minimum Gasteiger partial charge on any atom is -0.293 e. The zero-order valence-corrected chi connectivity index (χ0v) is 10.5. The Hall–Kier alpha value is -0.640. The van der Waals surface area contributed by atoms with Crippen LogP contribution in [0.4, 0.5) is 0 Å². The summed E-state index contributed by atoms with van der Waals surface area (Å²) in [7, 11) is 0. The Balaban J connectivity index is 2.19.